The second kappa shape index (κ2) is 6.15. The molecule has 24 heavy (non-hydrogen) atoms. The van der Waals surface area contributed by atoms with Crippen LogP contribution in [0.1, 0.15) is 37.9 Å². The Morgan fingerprint density at radius 1 is 1.29 bits per heavy atom. The highest BCUT2D eigenvalue weighted by molar-refractivity contribution is 5.92. The monoisotopic (exact) mass is 326 g/mol. The number of nitrogens with zero attached hydrogens (tertiary/aromatic N) is 1. The van der Waals surface area contributed by atoms with Crippen molar-refractivity contribution in [3.8, 4) is 0 Å². The number of carbonyl (C=O) groups is 2. The summed E-state index contributed by atoms with van der Waals surface area (Å²) < 4.78 is 4.99. The first kappa shape index (κ1) is 16.3. The van der Waals surface area contributed by atoms with Crippen molar-refractivity contribution >= 4 is 22.8 Å². The van der Waals surface area contributed by atoms with E-state index in [9.17, 15) is 9.59 Å². The Kier molecular flexibility index (Phi) is 4.18. The lowest BCUT2D eigenvalue weighted by atomic mass is 9.98. The molecule has 5 heteroatoms. The van der Waals surface area contributed by atoms with E-state index in [2.05, 4.69) is 4.98 Å². The van der Waals surface area contributed by atoms with Crippen molar-refractivity contribution in [1.29, 1.82) is 0 Å². The Hall–Kier alpha value is -2.56. The number of esters is 1. The zero-order valence-corrected chi connectivity index (χ0v) is 14.4. The van der Waals surface area contributed by atoms with Crippen molar-refractivity contribution in [3.05, 3.63) is 47.2 Å². The molecule has 2 unspecified atom stereocenters. The smallest absolute Gasteiger partial charge is 0.328 e. The van der Waals surface area contributed by atoms with Crippen molar-refractivity contribution in [2.24, 2.45) is 0 Å². The van der Waals surface area contributed by atoms with Gasteiger partial charge >= 0.3 is 5.97 Å². The molecule has 1 amide bonds. The van der Waals surface area contributed by atoms with Crippen LogP contribution in [-0.4, -0.2) is 34.9 Å². The normalized spacial score (nSPS) is 19.8. The van der Waals surface area contributed by atoms with Crippen LogP contribution in [0, 0.1) is 0 Å². The van der Waals surface area contributed by atoms with Crippen molar-refractivity contribution in [1.82, 2.24) is 9.88 Å². The van der Waals surface area contributed by atoms with Gasteiger partial charge in [0.1, 0.15) is 6.04 Å². The SMILES string of the molecule is COC(=O)C1Cc2c[nH]c3cccc(c23)C(C=C(C)C)N1C(C)=O. The standard InChI is InChI=1S/C19H22N2O3/c1-11(2)8-16-14-6-5-7-15-18(14)13(10-20-15)9-17(19(23)24-4)21(16)12(3)22/h5-8,10,16-17,20H,9H2,1-4H3. The van der Waals surface area contributed by atoms with Crippen LogP contribution in [0.3, 0.4) is 0 Å². The maximum Gasteiger partial charge on any atom is 0.328 e. The molecule has 0 radical (unpaired) electrons. The summed E-state index contributed by atoms with van der Waals surface area (Å²) in [6.07, 6.45) is 4.40. The van der Waals surface area contributed by atoms with Gasteiger partial charge in [-0.3, -0.25) is 4.79 Å². The third-order valence-electron chi connectivity index (χ3n) is 4.52. The molecule has 0 fully saturated rings. The molecule has 1 aromatic carbocycles. The average molecular weight is 326 g/mol. The largest absolute Gasteiger partial charge is 0.467 e. The first-order chi connectivity index (χ1) is 11.4. The van der Waals surface area contributed by atoms with Crippen LogP contribution in [0.5, 0.6) is 0 Å². The van der Waals surface area contributed by atoms with E-state index in [-0.39, 0.29) is 17.9 Å². The minimum Gasteiger partial charge on any atom is -0.467 e. The van der Waals surface area contributed by atoms with E-state index in [0.29, 0.717) is 6.42 Å². The molecule has 2 aromatic rings. The van der Waals surface area contributed by atoms with Gasteiger partial charge in [0.15, 0.2) is 0 Å². The molecule has 0 spiro atoms. The van der Waals surface area contributed by atoms with Crippen LogP contribution in [0.15, 0.2) is 36.0 Å². The maximum absolute atomic E-state index is 12.4. The van der Waals surface area contributed by atoms with Gasteiger partial charge in [0.25, 0.3) is 0 Å². The minimum atomic E-state index is -0.639. The van der Waals surface area contributed by atoms with Crippen LogP contribution in [0.2, 0.25) is 0 Å². The van der Waals surface area contributed by atoms with E-state index < -0.39 is 6.04 Å². The van der Waals surface area contributed by atoms with Crippen molar-refractivity contribution in [2.75, 3.05) is 7.11 Å². The van der Waals surface area contributed by atoms with Gasteiger partial charge < -0.3 is 14.6 Å². The topological polar surface area (TPSA) is 62.4 Å². The lowest BCUT2D eigenvalue weighted by Crippen LogP contribution is -2.46. The van der Waals surface area contributed by atoms with E-state index in [4.69, 9.17) is 4.74 Å². The van der Waals surface area contributed by atoms with Crippen molar-refractivity contribution in [2.45, 2.75) is 39.3 Å². The summed E-state index contributed by atoms with van der Waals surface area (Å²) in [6.45, 7) is 5.49. The van der Waals surface area contributed by atoms with Gasteiger partial charge in [0, 0.05) is 30.4 Å². The first-order valence-electron chi connectivity index (χ1n) is 8.04. The van der Waals surface area contributed by atoms with Crippen LogP contribution in [-0.2, 0) is 20.7 Å². The van der Waals surface area contributed by atoms with E-state index in [0.717, 1.165) is 27.6 Å². The Morgan fingerprint density at radius 2 is 2.04 bits per heavy atom. The number of rotatable bonds is 2. The van der Waals surface area contributed by atoms with Gasteiger partial charge in [-0.2, -0.15) is 0 Å². The summed E-state index contributed by atoms with van der Waals surface area (Å²) in [5.74, 6) is -0.529. The third kappa shape index (κ3) is 2.60. The number of H-pyrrole nitrogens is 1. The molecule has 1 aliphatic heterocycles. The van der Waals surface area contributed by atoms with Gasteiger partial charge in [-0.05, 0) is 31.0 Å². The van der Waals surface area contributed by atoms with Gasteiger partial charge in [0.2, 0.25) is 5.91 Å². The highest BCUT2D eigenvalue weighted by atomic mass is 16.5. The molecular weight excluding hydrogens is 304 g/mol. The fourth-order valence-electron chi connectivity index (χ4n) is 3.58. The molecule has 0 saturated heterocycles. The molecule has 0 aliphatic carbocycles. The predicted molar refractivity (Wildman–Crippen MR) is 92.5 cm³/mol. The van der Waals surface area contributed by atoms with Crippen LogP contribution in [0.4, 0.5) is 0 Å². The summed E-state index contributed by atoms with van der Waals surface area (Å²) in [7, 11) is 1.36. The predicted octanol–water partition coefficient (Wildman–Crippen LogP) is 3.12. The molecule has 1 aliphatic rings. The molecule has 1 N–H and O–H groups in total. The molecule has 2 heterocycles. The average Bonchev–Trinajstić information content (AvgIpc) is 2.88. The van der Waals surface area contributed by atoms with Crippen molar-refractivity contribution in [3.63, 3.8) is 0 Å². The third-order valence-corrected chi connectivity index (χ3v) is 4.52. The molecule has 5 nitrogen and oxygen atoms in total. The Labute approximate surface area is 141 Å². The van der Waals surface area contributed by atoms with Gasteiger partial charge in [0.05, 0.1) is 13.2 Å². The van der Waals surface area contributed by atoms with Gasteiger partial charge in [-0.15, -0.1) is 0 Å². The number of allylic oxidation sites excluding steroid dienone is 1. The Bertz CT molecular complexity index is 830. The number of hydrogen-bond acceptors (Lipinski definition) is 3. The molecule has 0 bridgehead atoms. The number of aromatic nitrogens is 1. The maximum atomic E-state index is 12.4. The molecular formula is C19H22N2O3. The summed E-state index contributed by atoms with van der Waals surface area (Å²) in [5.41, 5.74) is 4.17. The second-order valence-corrected chi connectivity index (χ2v) is 6.44. The summed E-state index contributed by atoms with van der Waals surface area (Å²) in [6, 6.07) is 5.08. The molecule has 126 valence electrons. The minimum absolute atomic E-state index is 0.140. The number of methoxy groups -OCH3 is 1. The summed E-state index contributed by atoms with van der Waals surface area (Å²) in [5, 5.41) is 1.10. The van der Waals surface area contributed by atoms with E-state index in [1.54, 1.807) is 4.90 Å². The summed E-state index contributed by atoms with van der Waals surface area (Å²) in [4.78, 5) is 29.8. The van der Waals surface area contributed by atoms with E-state index in [1.807, 2.05) is 44.3 Å². The summed E-state index contributed by atoms with van der Waals surface area (Å²) >= 11 is 0. The number of amides is 1. The van der Waals surface area contributed by atoms with Gasteiger partial charge in [-0.25, -0.2) is 4.79 Å². The van der Waals surface area contributed by atoms with Gasteiger partial charge in [-0.1, -0.05) is 23.8 Å². The number of aromatic amines is 1. The fraction of sp³-hybridized carbons (Fsp3) is 0.368. The number of benzene rings is 1. The zero-order valence-electron chi connectivity index (χ0n) is 14.4. The Balaban J connectivity index is 2.29. The number of carbonyl (C=O) groups excluding carboxylic acids is 2. The highest BCUT2D eigenvalue weighted by Crippen LogP contribution is 2.38. The quantitative estimate of drug-likeness (QED) is 0.681. The van der Waals surface area contributed by atoms with Crippen LogP contribution >= 0.6 is 0 Å². The van der Waals surface area contributed by atoms with E-state index >= 15 is 0 Å². The van der Waals surface area contributed by atoms with E-state index in [1.165, 1.54) is 14.0 Å². The fourth-order valence-corrected chi connectivity index (χ4v) is 3.58. The number of nitrogens with one attached hydrogen (secondary N) is 1. The number of ether oxygens (including phenoxy) is 1. The number of hydrogen-bond donors (Lipinski definition) is 1. The molecule has 3 rings (SSSR count). The van der Waals surface area contributed by atoms with Crippen LogP contribution in [0.25, 0.3) is 10.9 Å². The molecule has 2 atom stereocenters. The van der Waals surface area contributed by atoms with Crippen LogP contribution < -0.4 is 0 Å². The lowest BCUT2D eigenvalue weighted by Gasteiger charge is -2.33. The zero-order chi connectivity index (χ0) is 17.4. The molecule has 1 aromatic heterocycles. The Morgan fingerprint density at radius 3 is 2.67 bits per heavy atom. The van der Waals surface area contributed by atoms with Crippen molar-refractivity contribution < 1.29 is 14.3 Å². The second-order valence-electron chi connectivity index (χ2n) is 6.44. The first-order valence-corrected chi connectivity index (χ1v) is 8.04. The molecule has 0 saturated carbocycles. The lowest BCUT2D eigenvalue weighted by molar-refractivity contribution is -0.153. The highest BCUT2D eigenvalue weighted by Gasteiger charge is 2.38.